The van der Waals surface area contributed by atoms with E-state index in [0.717, 1.165) is 5.03 Å². The quantitative estimate of drug-likeness (QED) is 0.593. The lowest BCUT2D eigenvalue weighted by Gasteiger charge is -2.10. The zero-order valence-corrected chi connectivity index (χ0v) is 10.6. The lowest BCUT2D eigenvalue weighted by Crippen LogP contribution is -2.12. The second-order valence-corrected chi connectivity index (χ2v) is 4.76. The lowest BCUT2D eigenvalue weighted by atomic mass is 10.1. The number of hydrogen-bond donors (Lipinski definition) is 1. The molecular weight excluding hydrogens is 204 g/mol. The normalized spacial score (nSPS) is 12.7. The van der Waals surface area contributed by atoms with Gasteiger partial charge in [0.15, 0.2) is 0 Å². The second-order valence-electron chi connectivity index (χ2n) is 3.64. The first-order valence-electron chi connectivity index (χ1n) is 5.54. The minimum absolute atomic E-state index is 0.382. The van der Waals surface area contributed by atoms with E-state index in [4.69, 9.17) is 0 Å². The first-order chi connectivity index (χ1) is 7.27. The van der Waals surface area contributed by atoms with E-state index in [1.165, 1.54) is 24.2 Å². The molecule has 1 aromatic heterocycles. The van der Waals surface area contributed by atoms with E-state index in [1.807, 2.05) is 25.0 Å². The highest BCUT2D eigenvalue weighted by Gasteiger charge is 2.02. The number of nitrogens with one attached hydrogen (secondary N) is 1. The van der Waals surface area contributed by atoms with Crippen molar-refractivity contribution in [3.63, 3.8) is 0 Å². The molecule has 0 spiro atoms. The van der Waals surface area contributed by atoms with E-state index in [2.05, 4.69) is 36.3 Å². The maximum atomic E-state index is 4.44. The van der Waals surface area contributed by atoms with Crippen LogP contribution in [0.1, 0.15) is 38.3 Å². The predicted octanol–water partition coefficient (Wildman–Crippen LogP) is 3.25. The van der Waals surface area contributed by atoms with Gasteiger partial charge in [-0.3, -0.25) is 0 Å². The Labute approximate surface area is 96.9 Å². The van der Waals surface area contributed by atoms with Crippen LogP contribution in [0.3, 0.4) is 0 Å². The summed E-state index contributed by atoms with van der Waals surface area (Å²) in [7, 11) is 1.97. The minimum atomic E-state index is 0.382. The van der Waals surface area contributed by atoms with Crippen LogP contribution in [0.15, 0.2) is 23.4 Å². The van der Waals surface area contributed by atoms with Crippen LogP contribution in [0.25, 0.3) is 0 Å². The van der Waals surface area contributed by atoms with Gasteiger partial charge in [-0.25, -0.2) is 4.98 Å². The molecule has 0 aromatic carbocycles. The highest BCUT2D eigenvalue weighted by Crippen LogP contribution is 2.18. The van der Waals surface area contributed by atoms with Gasteiger partial charge in [0.2, 0.25) is 0 Å². The number of thioether (sulfide) groups is 1. The molecule has 0 saturated heterocycles. The molecular formula is C12H20N2S. The van der Waals surface area contributed by atoms with Gasteiger partial charge in [0.05, 0.1) is 5.03 Å². The predicted molar refractivity (Wildman–Crippen MR) is 67.3 cm³/mol. The molecule has 2 nitrogen and oxygen atoms in total. The average Bonchev–Trinajstić information content (AvgIpc) is 2.29. The van der Waals surface area contributed by atoms with Crippen LogP contribution in [-0.4, -0.2) is 17.8 Å². The SMILES string of the molecule is CCCCSc1ccc(C(C)NC)cn1. The van der Waals surface area contributed by atoms with Gasteiger partial charge >= 0.3 is 0 Å². The summed E-state index contributed by atoms with van der Waals surface area (Å²) in [6.45, 7) is 4.35. The third-order valence-corrected chi connectivity index (χ3v) is 3.47. The molecule has 0 fully saturated rings. The van der Waals surface area contributed by atoms with Crippen molar-refractivity contribution in [2.24, 2.45) is 0 Å². The van der Waals surface area contributed by atoms with Gasteiger partial charge in [-0.1, -0.05) is 19.4 Å². The van der Waals surface area contributed by atoms with Gasteiger partial charge in [0.25, 0.3) is 0 Å². The minimum Gasteiger partial charge on any atom is -0.313 e. The Balaban J connectivity index is 2.49. The van der Waals surface area contributed by atoms with Crippen LogP contribution < -0.4 is 5.32 Å². The van der Waals surface area contributed by atoms with Gasteiger partial charge in [-0.2, -0.15) is 0 Å². The Morgan fingerprint density at radius 3 is 2.80 bits per heavy atom. The summed E-state index contributed by atoms with van der Waals surface area (Å²) in [6, 6.07) is 4.65. The van der Waals surface area contributed by atoms with Crippen LogP contribution in [0.4, 0.5) is 0 Å². The number of pyridine rings is 1. The first-order valence-corrected chi connectivity index (χ1v) is 6.52. The van der Waals surface area contributed by atoms with E-state index in [-0.39, 0.29) is 0 Å². The molecule has 0 aliphatic carbocycles. The average molecular weight is 224 g/mol. The Morgan fingerprint density at radius 2 is 2.27 bits per heavy atom. The van der Waals surface area contributed by atoms with Crippen molar-refractivity contribution in [3.05, 3.63) is 23.9 Å². The molecule has 1 rings (SSSR count). The molecule has 0 amide bonds. The van der Waals surface area contributed by atoms with Crippen molar-refractivity contribution >= 4 is 11.8 Å². The van der Waals surface area contributed by atoms with E-state index in [1.54, 1.807) is 0 Å². The van der Waals surface area contributed by atoms with E-state index >= 15 is 0 Å². The summed E-state index contributed by atoms with van der Waals surface area (Å²) < 4.78 is 0. The zero-order valence-electron chi connectivity index (χ0n) is 9.79. The molecule has 3 heteroatoms. The monoisotopic (exact) mass is 224 g/mol. The van der Waals surface area contributed by atoms with Crippen molar-refractivity contribution in [1.29, 1.82) is 0 Å². The third-order valence-electron chi connectivity index (χ3n) is 2.44. The Hall–Kier alpha value is -0.540. The summed E-state index contributed by atoms with van der Waals surface area (Å²) in [5.41, 5.74) is 1.25. The number of rotatable bonds is 6. The smallest absolute Gasteiger partial charge is 0.0960 e. The van der Waals surface area contributed by atoms with Crippen molar-refractivity contribution in [2.75, 3.05) is 12.8 Å². The summed E-state index contributed by atoms with van der Waals surface area (Å²) in [5.74, 6) is 1.17. The van der Waals surface area contributed by atoms with E-state index in [0.29, 0.717) is 6.04 Å². The Kier molecular flexibility index (Phi) is 5.73. The van der Waals surface area contributed by atoms with Crippen molar-refractivity contribution < 1.29 is 0 Å². The number of hydrogen-bond acceptors (Lipinski definition) is 3. The summed E-state index contributed by atoms with van der Waals surface area (Å²) in [6.07, 6.45) is 4.48. The van der Waals surface area contributed by atoms with Crippen molar-refractivity contribution in [2.45, 2.75) is 37.8 Å². The molecule has 0 bridgehead atoms. The molecule has 1 heterocycles. The van der Waals surface area contributed by atoms with Crippen LogP contribution in [-0.2, 0) is 0 Å². The van der Waals surface area contributed by atoms with Crippen LogP contribution in [0, 0.1) is 0 Å². The molecule has 1 N–H and O–H groups in total. The van der Waals surface area contributed by atoms with E-state index in [9.17, 15) is 0 Å². The molecule has 0 radical (unpaired) electrons. The summed E-state index contributed by atoms with van der Waals surface area (Å²) in [5, 5.41) is 4.34. The van der Waals surface area contributed by atoms with E-state index < -0.39 is 0 Å². The molecule has 0 aliphatic heterocycles. The van der Waals surface area contributed by atoms with Gasteiger partial charge in [-0.05, 0) is 37.8 Å². The Bertz CT molecular complexity index is 271. The number of unbranched alkanes of at least 4 members (excludes halogenated alkanes) is 1. The van der Waals surface area contributed by atoms with Crippen LogP contribution in [0.5, 0.6) is 0 Å². The molecule has 1 aromatic rings. The fourth-order valence-corrected chi connectivity index (χ4v) is 2.15. The third kappa shape index (κ3) is 4.22. The molecule has 15 heavy (non-hydrogen) atoms. The van der Waals surface area contributed by atoms with Crippen molar-refractivity contribution in [1.82, 2.24) is 10.3 Å². The van der Waals surface area contributed by atoms with Crippen LogP contribution in [0.2, 0.25) is 0 Å². The highest BCUT2D eigenvalue weighted by molar-refractivity contribution is 7.99. The summed E-state index contributed by atoms with van der Waals surface area (Å²) in [4.78, 5) is 4.44. The van der Waals surface area contributed by atoms with Crippen molar-refractivity contribution in [3.8, 4) is 0 Å². The maximum Gasteiger partial charge on any atom is 0.0960 e. The topological polar surface area (TPSA) is 24.9 Å². The largest absolute Gasteiger partial charge is 0.313 e. The molecule has 1 unspecified atom stereocenters. The highest BCUT2D eigenvalue weighted by atomic mass is 32.2. The maximum absolute atomic E-state index is 4.44. The van der Waals surface area contributed by atoms with Crippen LogP contribution >= 0.6 is 11.8 Å². The summed E-state index contributed by atoms with van der Waals surface area (Å²) >= 11 is 1.84. The zero-order chi connectivity index (χ0) is 11.1. The van der Waals surface area contributed by atoms with Gasteiger partial charge in [-0.15, -0.1) is 11.8 Å². The number of aromatic nitrogens is 1. The van der Waals surface area contributed by atoms with Gasteiger partial charge < -0.3 is 5.32 Å². The van der Waals surface area contributed by atoms with Gasteiger partial charge in [0.1, 0.15) is 0 Å². The fraction of sp³-hybridized carbons (Fsp3) is 0.583. The van der Waals surface area contributed by atoms with Gasteiger partial charge in [0, 0.05) is 12.2 Å². The second kappa shape index (κ2) is 6.85. The standard InChI is InChI=1S/C12H20N2S/c1-4-5-8-15-12-7-6-11(9-14-12)10(2)13-3/h6-7,9-10,13H,4-5,8H2,1-3H3. The molecule has 0 saturated carbocycles. The molecule has 0 aliphatic rings. The molecule has 84 valence electrons. The molecule has 1 atom stereocenters. The Morgan fingerprint density at radius 1 is 1.47 bits per heavy atom. The fourth-order valence-electron chi connectivity index (χ4n) is 1.22. The number of nitrogens with zero attached hydrogens (tertiary/aromatic N) is 1. The first kappa shape index (κ1) is 12.5. The lowest BCUT2D eigenvalue weighted by molar-refractivity contribution is 0.648.